The lowest BCUT2D eigenvalue weighted by Crippen LogP contribution is -2.29. The van der Waals surface area contributed by atoms with Gasteiger partial charge in [0.05, 0.1) is 23.4 Å². The number of benzene rings is 3. The highest BCUT2D eigenvalue weighted by Crippen LogP contribution is 2.30. The first-order valence-electron chi connectivity index (χ1n) is 9.72. The van der Waals surface area contributed by atoms with E-state index in [0.717, 1.165) is 4.90 Å². The minimum Gasteiger partial charge on any atom is -0.494 e. The second-order valence-electron chi connectivity index (χ2n) is 7.05. The summed E-state index contributed by atoms with van der Waals surface area (Å²) in [5.41, 5.74) is 2.06. The fourth-order valence-electron chi connectivity index (χ4n) is 3.44. The fraction of sp³-hybridized carbons (Fsp3) is 0.125. The number of hydrogen-bond donors (Lipinski definition) is 1. The standard InChI is InChI=1S/C24H19FN2O4/c1-3-31-18-8-6-17(7-9-18)27-23(29)19-10-4-15(13-20(19)24(27)30)22(28)26-21-11-5-16(25)12-14(21)2/h4-13H,3H2,1-2H3,(H,26,28). The summed E-state index contributed by atoms with van der Waals surface area (Å²) in [4.78, 5) is 39.5. The van der Waals surface area contributed by atoms with Gasteiger partial charge in [0.1, 0.15) is 11.6 Å². The van der Waals surface area contributed by atoms with Crippen molar-refractivity contribution in [3.63, 3.8) is 0 Å². The van der Waals surface area contributed by atoms with Crippen LogP contribution in [0.3, 0.4) is 0 Å². The molecule has 4 rings (SSSR count). The quantitative estimate of drug-likeness (QED) is 0.615. The number of nitrogens with one attached hydrogen (secondary N) is 1. The monoisotopic (exact) mass is 418 g/mol. The van der Waals surface area contributed by atoms with Crippen molar-refractivity contribution in [1.29, 1.82) is 0 Å². The lowest BCUT2D eigenvalue weighted by Gasteiger charge is -2.14. The van der Waals surface area contributed by atoms with Gasteiger partial charge in [-0.3, -0.25) is 14.4 Å². The molecule has 1 heterocycles. The minimum atomic E-state index is -0.503. The van der Waals surface area contributed by atoms with Gasteiger partial charge in [0.15, 0.2) is 0 Å². The molecular formula is C24H19FN2O4. The number of anilines is 2. The van der Waals surface area contributed by atoms with E-state index in [1.54, 1.807) is 31.2 Å². The third-order valence-corrected chi connectivity index (χ3v) is 4.99. The van der Waals surface area contributed by atoms with Crippen LogP contribution in [0.15, 0.2) is 60.7 Å². The second kappa shape index (κ2) is 8.02. The number of aryl methyl sites for hydroxylation is 1. The smallest absolute Gasteiger partial charge is 0.266 e. The zero-order valence-corrected chi connectivity index (χ0v) is 16.9. The molecule has 0 saturated carbocycles. The van der Waals surface area contributed by atoms with Crippen LogP contribution in [-0.4, -0.2) is 24.3 Å². The van der Waals surface area contributed by atoms with Crippen molar-refractivity contribution in [2.75, 3.05) is 16.8 Å². The van der Waals surface area contributed by atoms with E-state index in [1.807, 2.05) is 6.92 Å². The maximum Gasteiger partial charge on any atom is 0.266 e. The van der Waals surface area contributed by atoms with E-state index >= 15 is 0 Å². The fourth-order valence-corrected chi connectivity index (χ4v) is 3.44. The molecule has 1 N–H and O–H groups in total. The molecule has 3 aromatic rings. The van der Waals surface area contributed by atoms with Crippen molar-refractivity contribution in [3.05, 3.63) is 88.7 Å². The molecular weight excluding hydrogens is 399 g/mol. The zero-order valence-electron chi connectivity index (χ0n) is 16.9. The van der Waals surface area contributed by atoms with E-state index in [4.69, 9.17) is 4.74 Å². The molecule has 0 bridgehead atoms. The van der Waals surface area contributed by atoms with Gasteiger partial charge in [0.25, 0.3) is 17.7 Å². The van der Waals surface area contributed by atoms with Gasteiger partial charge >= 0.3 is 0 Å². The molecule has 0 aromatic heterocycles. The number of halogens is 1. The van der Waals surface area contributed by atoms with Crippen LogP contribution in [0.4, 0.5) is 15.8 Å². The first kappa shape index (κ1) is 20.3. The normalized spacial score (nSPS) is 12.7. The molecule has 0 saturated heterocycles. The Morgan fingerprint density at radius 2 is 1.68 bits per heavy atom. The van der Waals surface area contributed by atoms with Crippen LogP contribution in [0.25, 0.3) is 0 Å². The average molecular weight is 418 g/mol. The number of imide groups is 1. The Morgan fingerprint density at radius 3 is 2.35 bits per heavy atom. The van der Waals surface area contributed by atoms with Gasteiger partial charge in [-0.05, 0) is 80.1 Å². The van der Waals surface area contributed by atoms with Gasteiger partial charge in [0.2, 0.25) is 0 Å². The molecule has 0 radical (unpaired) electrons. The Labute approximate surface area is 178 Å². The Bertz CT molecular complexity index is 1200. The van der Waals surface area contributed by atoms with Crippen molar-refractivity contribution >= 4 is 29.1 Å². The molecule has 3 amide bonds. The number of hydrogen-bond acceptors (Lipinski definition) is 4. The molecule has 0 spiro atoms. The Balaban J connectivity index is 1.59. The predicted octanol–water partition coefficient (Wildman–Crippen LogP) is 4.59. The SMILES string of the molecule is CCOc1ccc(N2C(=O)c3ccc(C(=O)Nc4ccc(F)cc4C)cc3C2=O)cc1. The molecule has 0 fully saturated rings. The van der Waals surface area contributed by atoms with E-state index in [1.165, 1.54) is 36.4 Å². The zero-order chi connectivity index (χ0) is 22.1. The van der Waals surface area contributed by atoms with Crippen molar-refractivity contribution in [2.45, 2.75) is 13.8 Å². The topological polar surface area (TPSA) is 75.7 Å². The van der Waals surface area contributed by atoms with Crippen LogP contribution in [0.5, 0.6) is 5.75 Å². The average Bonchev–Trinajstić information content (AvgIpc) is 3.01. The number of rotatable bonds is 5. The summed E-state index contributed by atoms with van der Waals surface area (Å²) in [6.07, 6.45) is 0. The van der Waals surface area contributed by atoms with Gasteiger partial charge in [-0.15, -0.1) is 0 Å². The highest BCUT2D eigenvalue weighted by Gasteiger charge is 2.37. The maximum absolute atomic E-state index is 13.3. The molecule has 31 heavy (non-hydrogen) atoms. The highest BCUT2D eigenvalue weighted by molar-refractivity contribution is 6.34. The maximum atomic E-state index is 13.3. The summed E-state index contributed by atoms with van der Waals surface area (Å²) < 4.78 is 18.7. The lowest BCUT2D eigenvalue weighted by atomic mass is 10.0. The van der Waals surface area contributed by atoms with Gasteiger partial charge in [0, 0.05) is 11.3 Å². The van der Waals surface area contributed by atoms with E-state index in [-0.39, 0.29) is 16.7 Å². The van der Waals surface area contributed by atoms with Crippen LogP contribution >= 0.6 is 0 Å². The van der Waals surface area contributed by atoms with E-state index in [0.29, 0.717) is 29.3 Å². The number of nitrogens with zero attached hydrogens (tertiary/aromatic N) is 1. The summed E-state index contributed by atoms with van der Waals surface area (Å²) in [6, 6.07) is 15.0. The van der Waals surface area contributed by atoms with Gasteiger partial charge in [-0.25, -0.2) is 9.29 Å². The molecule has 0 unspecified atom stereocenters. The van der Waals surface area contributed by atoms with E-state index < -0.39 is 23.5 Å². The summed E-state index contributed by atoms with van der Waals surface area (Å²) >= 11 is 0. The Kier molecular flexibility index (Phi) is 5.25. The minimum absolute atomic E-state index is 0.155. The summed E-state index contributed by atoms with van der Waals surface area (Å²) in [6.45, 7) is 4.05. The van der Waals surface area contributed by atoms with Gasteiger partial charge in [-0.1, -0.05) is 0 Å². The number of fused-ring (bicyclic) bond motifs is 1. The molecule has 1 aliphatic rings. The number of carbonyl (C=O) groups is 3. The third kappa shape index (κ3) is 3.77. The van der Waals surface area contributed by atoms with Crippen molar-refractivity contribution in [1.82, 2.24) is 0 Å². The van der Waals surface area contributed by atoms with Gasteiger partial charge in [-0.2, -0.15) is 0 Å². The van der Waals surface area contributed by atoms with Gasteiger partial charge < -0.3 is 10.1 Å². The lowest BCUT2D eigenvalue weighted by molar-refractivity contribution is 0.0925. The molecule has 0 atom stereocenters. The predicted molar refractivity (Wildman–Crippen MR) is 114 cm³/mol. The van der Waals surface area contributed by atoms with Crippen LogP contribution < -0.4 is 15.0 Å². The van der Waals surface area contributed by atoms with Crippen molar-refractivity contribution in [3.8, 4) is 5.75 Å². The first-order chi connectivity index (χ1) is 14.9. The molecule has 6 nitrogen and oxygen atoms in total. The first-order valence-corrected chi connectivity index (χ1v) is 9.72. The number of carbonyl (C=O) groups excluding carboxylic acids is 3. The molecule has 7 heteroatoms. The van der Waals surface area contributed by atoms with E-state index in [2.05, 4.69) is 5.32 Å². The molecule has 0 aliphatic carbocycles. The summed E-state index contributed by atoms with van der Waals surface area (Å²) in [5.74, 6) is -1.18. The summed E-state index contributed by atoms with van der Waals surface area (Å²) in [5, 5.41) is 2.70. The third-order valence-electron chi connectivity index (χ3n) is 4.99. The van der Waals surface area contributed by atoms with Crippen LogP contribution in [0.2, 0.25) is 0 Å². The Hall–Kier alpha value is -4.00. The molecule has 156 valence electrons. The van der Waals surface area contributed by atoms with Crippen LogP contribution in [-0.2, 0) is 0 Å². The van der Waals surface area contributed by atoms with Crippen LogP contribution in [0, 0.1) is 12.7 Å². The largest absolute Gasteiger partial charge is 0.494 e. The van der Waals surface area contributed by atoms with E-state index in [9.17, 15) is 18.8 Å². The summed E-state index contributed by atoms with van der Waals surface area (Å²) in [7, 11) is 0. The Morgan fingerprint density at radius 1 is 0.968 bits per heavy atom. The number of amides is 3. The van der Waals surface area contributed by atoms with Crippen LogP contribution in [0.1, 0.15) is 43.6 Å². The highest BCUT2D eigenvalue weighted by atomic mass is 19.1. The number of ether oxygens (including phenoxy) is 1. The molecule has 3 aromatic carbocycles. The van der Waals surface area contributed by atoms with Crippen molar-refractivity contribution < 1.29 is 23.5 Å². The van der Waals surface area contributed by atoms with Crippen molar-refractivity contribution in [2.24, 2.45) is 0 Å². The second-order valence-corrected chi connectivity index (χ2v) is 7.05. The molecule has 1 aliphatic heterocycles.